The molecule has 0 aliphatic carbocycles. The van der Waals surface area contributed by atoms with E-state index in [1.165, 1.54) is 11.1 Å². The van der Waals surface area contributed by atoms with Gasteiger partial charge in [-0.1, -0.05) is 61.5 Å². The van der Waals surface area contributed by atoms with Crippen LogP contribution in [0.2, 0.25) is 0 Å². The summed E-state index contributed by atoms with van der Waals surface area (Å²) in [6.45, 7) is 2.83. The number of rotatable bonds is 5. The molecule has 0 bridgehead atoms. The molecule has 0 aliphatic heterocycles. The van der Waals surface area contributed by atoms with Crippen LogP contribution in [0.5, 0.6) is 0 Å². The Morgan fingerprint density at radius 3 is 2.41 bits per heavy atom. The molecular weight excluding hydrogens is 272 g/mol. The van der Waals surface area contributed by atoms with E-state index in [0.717, 1.165) is 12.0 Å². The van der Waals surface area contributed by atoms with E-state index < -0.39 is 6.10 Å². The predicted octanol–water partition coefficient (Wildman–Crippen LogP) is 3.58. The van der Waals surface area contributed by atoms with Crippen LogP contribution in [0.3, 0.4) is 0 Å². The van der Waals surface area contributed by atoms with Crippen LogP contribution in [0.4, 0.5) is 0 Å². The first-order valence-corrected chi connectivity index (χ1v) is 7.59. The predicted molar refractivity (Wildman–Crippen MR) is 87.7 cm³/mol. The summed E-state index contributed by atoms with van der Waals surface area (Å²) < 4.78 is 1.99. The van der Waals surface area contributed by atoms with Gasteiger partial charge in [-0.2, -0.15) is 0 Å². The molecule has 3 nitrogen and oxygen atoms in total. The summed E-state index contributed by atoms with van der Waals surface area (Å²) in [6, 6.07) is 18.3. The maximum Gasteiger partial charge on any atom is 0.142 e. The number of hydrogen-bond donors (Lipinski definition) is 1. The Morgan fingerprint density at radius 1 is 1.00 bits per heavy atom. The lowest BCUT2D eigenvalue weighted by molar-refractivity contribution is 0.205. The molecule has 0 spiro atoms. The van der Waals surface area contributed by atoms with Gasteiger partial charge in [0, 0.05) is 18.9 Å². The molecule has 0 aliphatic rings. The van der Waals surface area contributed by atoms with Crippen LogP contribution in [-0.2, 0) is 13.0 Å². The number of aliphatic hydroxyl groups excluding tert-OH is 1. The van der Waals surface area contributed by atoms with E-state index in [-0.39, 0.29) is 0 Å². The van der Waals surface area contributed by atoms with Gasteiger partial charge < -0.3 is 9.67 Å². The minimum atomic E-state index is -0.704. The van der Waals surface area contributed by atoms with Gasteiger partial charge in [-0.15, -0.1) is 0 Å². The van der Waals surface area contributed by atoms with Gasteiger partial charge >= 0.3 is 0 Å². The molecule has 0 radical (unpaired) electrons. The van der Waals surface area contributed by atoms with Crippen LogP contribution in [0.15, 0.2) is 67.0 Å². The molecule has 0 saturated carbocycles. The average Bonchev–Trinajstić information content (AvgIpc) is 3.03. The maximum atomic E-state index is 10.6. The Labute approximate surface area is 130 Å². The second kappa shape index (κ2) is 6.58. The number of nitrogens with zero attached hydrogens (tertiary/aromatic N) is 2. The largest absolute Gasteiger partial charge is 0.380 e. The standard InChI is InChI=1S/C19H20N2O/c1-2-15-8-10-17(11-9-15)18(22)19-20-12-13-21(19)14-16-6-4-3-5-7-16/h3-13,18,22H,2,14H2,1H3/t18-/m0/s1. The third-order valence-electron chi connectivity index (χ3n) is 3.89. The molecule has 112 valence electrons. The first-order chi connectivity index (χ1) is 10.8. The fraction of sp³-hybridized carbons (Fsp3) is 0.211. The van der Waals surface area contributed by atoms with Crippen molar-refractivity contribution in [2.45, 2.75) is 26.0 Å². The summed E-state index contributed by atoms with van der Waals surface area (Å²) in [4.78, 5) is 4.34. The highest BCUT2D eigenvalue weighted by Crippen LogP contribution is 2.22. The van der Waals surface area contributed by atoms with E-state index in [1.54, 1.807) is 6.20 Å². The van der Waals surface area contributed by atoms with Gasteiger partial charge in [-0.3, -0.25) is 0 Å². The van der Waals surface area contributed by atoms with Crippen LogP contribution < -0.4 is 0 Å². The zero-order valence-electron chi connectivity index (χ0n) is 12.7. The molecule has 0 fully saturated rings. The van der Waals surface area contributed by atoms with Crippen LogP contribution >= 0.6 is 0 Å². The topological polar surface area (TPSA) is 38.1 Å². The van der Waals surface area contributed by atoms with Crippen molar-refractivity contribution in [2.75, 3.05) is 0 Å². The van der Waals surface area contributed by atoms with E-state index in [1.807, 2.05) is 41.1 Å². The Hall–Kier alpha value is -2.39. The highest BCUT2D eigenvalue weighted by atomic mass is 16.3. The van der Waals surface area contributed by atoms with Gasteiger partial charge in [0.15, 0.2) is 0 Å². The lowest BCUT2D eigenvalue weighted by atomic mass is 10.1. The van der Waals surface area contributed by atoms with Crippen LogP contribution in [0, 0.1) is 0 Å². The Balaban J connectivity index is 1.84. The van der Waals surface area contributed by atoms with Crippen LogP contribution in [0.25, 0.3) is 0 Å². The number of benzene rings is 2. The Morgan fingerprint density at radius 2 is 1.73 bits per heavy atom. The first-order valence-electron chi connectivity index (χ1n) is 7.59. The number of hydrogen-bond acceptors (Lipinski definition) is 2. The van der Waals surface area contributed by atoms with Crippen LogP contribution in [-0.4, -0.2) is 14.7 Å². The van der Waals surface area contributed by atoms with Crippen molar-refractivity contribution in [3.05, 3.63) is 89.5 Å². The van der Waals surface area contributed by atoms with Gasteiger partial charge in [0.05, 0.1) is 0 Å². The minimum absolute atomic E-state index is 0.674. The summed E-state index contributed by atoms with van der Waals surface area (Å²) in [5, 5.41) is 10.6. The van der Waals surface area contributed by atoms with Gasteiger partial charge in [0.1, 0.15) is 11.9 Å². The Kier molecular flexibility index (Phi) is 4.35. The van der Waals surface area contributed by atoms with Gasteiger partial charge in [0.25, 0.3) is 0 Å². The van der Waals surface area contributed by atoms with Crippen molar-refractivity contribution in [1.29, 1.82) is 0 Å². The second-order valence-corrected chi connectivity index (χ2v) is 5.40. The zero-order chi connectivity index (χ0) is 15.4. The van der Waals surface area contributed by atoms with Gasteiger partial charge in [0.2, 0.25) is 0 Å². The molecule has 0 amide bonds. The summed E-state index contributed by atoms with van der Waals surface area (Å²) in [6.07, 6.45) is 3.94. The van der Waals surface area contributed by atoms with Gasteiger partial charge in [-0.25, -0.2) is 4.98 Å². The average molecular weight is 292 g/mol. The van der Waals surface area contributed by atoms with Gasteiger partial charge in [-0.05, 0) is 23.1 Å². The molecule has 0 saturated heterocycles. The summed E-state index contributed by atoms with van der Waals surface area (Å²) in [7, 11) is 0. The normalized spacial score (nSPS) is 12.3. The lowest BCUT2D eigenvalue weighted by Crippen LogP contribution is -2.10. The van der Waals surface area contributed by atoms with E-state index in [0.29, 0.717) is 12.4 Å². The minimum Gasteiger partial charge on any atom is -0.380 e. The molecule has 0 unspecified atom stereocenters. The third-order valence-corrected chi connectivity index (χ3v) is 3.89. The Bertz CT molecular complexity index is 717. The second-order valence-electron chi connectivity index (χ2n) is 5.40. The molecule has 3 aromatic rings. The molecular formula is C19H20N2O. The van der Waals surface area contributed by atoms with E-state index in [9.17, 15) is 5.11 Å². The fourth-order valence-electron chi connectivity index (χ4n) is 2.57. The third kappa shape index (κ3) is 3.10. The van der Waals surface area contributed by atoms with Crippen molar-refractivity contribution in [1.82, 2.24) is 9.55 Å². The molecule has 3 heteroatoms. The molecule has 1 aromatic heterocycles. The van der Waals surface area contributed by atoms with Crippen LogP contribution in [0.1, 0.15) is 35.5 Å². The number of aryl methyl sites for hydroxylation is 1. The summed E-state index contributed by atoms with van der Waals surface area (Å²) in [5.41, 5.74) is 3.33. The van der Waals surface area contributed by atoms with E-state index in [2.05, 4.69) is 36.2 Å². The summed E-state index contributed by atoms with van der Waals surface area (Å²) in [5.74, 6) is 0.674. The molecule has 1 N–H and O–H groups in total. The molecule has 22 heavy (non-hydrogen) atoms. The lowest BCUT2D eigenvalue weighted by Gasteiger charge is -2.14. The quantitative estimate of drug-likeness (QED) is 0.780. The van der Waals surface area contributed by atoms with Crippen molar-refractivity contribution < 1.29 is 5.11 Å². The molecule has 1 atom stereocenters. The zero-order valence-corrected chi connectivity index (χ0v) is 12.7. The summed E-state index contributed by atoms with van der Waals surface area (Å²) >= 11 is 0. The molecule has 2 aromatic carbocycles. The number of aliphatic hydroxyl groups is 1. The monoisotopic (exact) mass is 292 g/mol. The molecule has 1 heterocycles. The molecule has 3 rings (SSSR count). The fourth-order valence-corrected chi connectivity index (χ4v) is 2.57. The maximum absolute atomic E-state index is 10.6. The highest BCUT2D eigenvalue weighted by Gasteiger charge is 2.16. The van der Waals surface area contributed by atoms with E-state index >= 15 is 0 Å². The number of aromatic nitrogens is 2. The first kappa shape index (κ1) is 14.5. The van der Waals surface area contributed by atoms with E-state index in [4.69, 9.17) is 0 Å². The SMILES string of the molecule is CCc1ccc([C@H](O)c2nccn2Cc2ccccc2)cc1. The van der Waals surface area contributed by atoms with Crippen molar-refractivity contribution in [3.8, 4) is 0 Å². The highest BCUT2D eigenvalue weighted by molar-refractivity contribution is 5.28. The van der Waals surface area contributed by atoms with Crippen molar-refractivity contribution >= 4 is 0 Å². The smallest absolute Gasteiger partial charge is 0.142 e. The number of imidazole rings is 1. The van der Waals surface area contributed by atoms with Crippen molar-refractivity contribution in [3.63, 3.8) is 0 Å². The van der Waals surface area contributed by atoms with Crippen molar-refractivity contribution in [2.24, 2.45) is 0 Å².